The van der Waals surface area contributed by atoms with Crippen molar-refractivity contribution in [3.8, 4) is 0 Å². The van der Waals surface area contributed by atoms with E-state index in [1.807, 2.05) is 51.1 Å². The maximum atomic E-state index is 4.50. The summed E-state index contributed by atoms with van der Waals surface area (Å²) < 4.78 is 1.75. The van der Waals surface area contributed by atoms with Crippen molar-refractivity contribution in [1.82, 2.24) is 14.9 Å². The van der Waals surface area contributed by atoms with Gasteiger partial charge in [0.25, 0.3) is 0 Å². The van der Waals surface area contributed by atoms with Crippen LogP contribution in [0.15, 0.2) is 35.4 Å². The first-order valence-electron chi connectivity index (χ1n) is 5.18. The van der Waals surface area contributed by atoms with Crippen LogP contribution in [0.5, 0.6) is 0 Å². The zero-order chi connectivity index (χ0) is 11.5. The van der Waals surface area contributed by atoms with E-state index >= 15 is 0 Å². The largest absolute Gasteiger partial charge is 0.202 e. The van der Waals surface area contributed by atoms with Crippen molar-refractivity contribution in [3.63, 3.8) is 0 Å². The van der Waals surface area contributed by atoms with Crippen molar-refractivity contribution in [2.24, 2.45) is 5.10 Å². The Morgan fingerprint density at radius 2 is 1.62 bits per heavy atom. The number of rotatable bonds is 2. The van der Waals surface area contributed by atoms with E-state index in [1.54, 1.807) is 4.68 Å². The van der Waals surface area contributed by atoms with Crippen LogP contribution in [0.3, 0.4) is 0 Å². The van der Waals surface area contributed by atoms with Gasteiger partial charge in [-0.2, -0.15) is 5.10 Å². The molecule has 4 nitrogen and oxygen atoms in total. The number of benzene rings is 1. The molecule has 0 bridgehead atoms. The van der Waals surface area contributed by atoms with Gasteiger partial charge >= 0.3 is 0 Å². The average Bonchev–Trinajstić information content (AvgIpc) is 2.62. The minimum absolute atomic E-state index is 0.799. The first-order valence-corrected chi connectivity index (χ1v) is 5.18. The van der Waals surface area contributed by atoms with Crippen molar-refractivity contribution >= 4 is 5.71 Å². The van der Waals surface area contributed by atoms with Gasteiger partial charge in [-0.25, -0.2) is 4.68 Å². The summed E-state index contributed by atoms with van der Waals surface area (Å²) in [6.45, 7) is 5.76. The van der Waals surface area contributed by atoms with Crippen LogP contribution < -0.4 is 0 Å². The van der Waals surface area contributed by atoms with Crippen molar-refractivity contribution in [2.75, 3.05) is 0 Å². The highest BCUT2D eigenvalue weighted by Gasteiger charge is 2.03. The third-order valence-electron chi connectivity index (χ3n) is 2.39. The van der Waals surface area contributed by atoms with Gasteiger partial charge in [0, 0.05) is 0 Å². The summed E-state index contributed by atoms with van der Waals surface area (Å²) in [5, 5.41) is 12.4. The second kappa shape index (κ2) is 4.26. The Hall–Kier alpha value is -1.97. The molecule has 0 unspecified atom stereocenters. The van der Waals surface area contributed by atoms with Gasteiger partial charge < -0.3 is 0 Å². The third-order valence-corrected chi connectivity index (χ3v) is 2.39. The molecule has 2 rings (SSSR count). The standard InChI is InChI=1S/C12H14N4/c1-9(12-7-5-4-6-8-12)15-16-10(2)13-14-11(16)3/h4-8H,1-3H3/b15-9-. The van der Waals surface area contributed by atoms with Gasteiger partial charge in [0.2, 0.25) is 0 Å². The lowest BCUT2D eigenvalue weighted by Gasteiger charge is -2.02. The predicted molar refractivity (Wildman–Crippen MR) is 63.5 cm³/mol. The molecule has 0 saturated heterocycles. The lowest BCUT2D eigenvalue weighted by atomic mass is 10.1. The van der Waals surface area contributed by atoms with Gasteiger partial charge in [-0.3, -0.25) is 0 Å². The van der Waals surface area contributed by atoms with Crippen LogP contribution >= 0.6 is 0 Å². The van der Waals surface area contributed by atoms with Crippen molar-refractivity contribution in [3.05, 3.63) is 47.5 Å². The Morgan fingerprint density at radius 3 is 2.19 bits per heavy atom. The monoisotopic (exact) mass is 214 g/mol. The normalized spacial score (nSPS) is 11.8. The van der Waals surface area contributed by atoms with Crippen LogP contribution in [0, 0.1) is 13.8 Å². The molecule has 0 aliphatic rings. The number of aryl methyl sites for hydroxylation is 2. The average molecular weight is 214 g/mol. The quantitative estimate of drug-likeness (QED) is 0.719. The van der Waals surface area contributed by atoms with Crippen LogP contribution in [0.25, 0.3) is 0 Å². The third kappa shape index (κ3) is 2.00. The van der Waals surface area contributed by atoms with Crippen LogP contribution in [-0.4, -0.2) is 20.6 Å². The maximum absolute atomic E-state index is 4.50. The summed E-state index contributed by atoms with van der Waals surface area (Å²) in [4.78, 5) is 0. The van der Waals surface area contributed by atoms with Gasteiger partial charge in [0.05, 0.1) is 5.71 Å². The SMILES string of the molecule is C/C(=N/n1c(C)nnc1C)c1ccccc1. The van der Waals surface area contributed by atoms with E-state index < -0.39 is 0 Å². The molecule has 0 amide bonds. The Balaban J connectivity index is 2.39. The minimum Gasteiger partial charge on any atom is -0.202 e. The fourth-order valence-corrected chi connectivity index (χ4v) is 1.50. The Kier molecular flexibility index (Phi) is 2.81. The molecular formula is C12H14N4. The minimum atomic E-state index is 0.799. The summed E-state index contributed by atoms with van der Waals surface area (Å²) >= 11 is 0. The van der Waals surface area contributed by atoms with Crippen LogP contribution in [0.1, 0.15) is 24.1 Å². The molecular weight excluding hydrogens is 200 g/mol. The summed E-state index contributed by atoms with van der Waals surface area (Å²) in [6, 6.07) is 10.1. The number of aromatic nitrogens is 3. The Labute approximate surface area is 94.6 Å². The molecule has 0 radical (unpaired) electrons. The van der Waals surface area contributed by atoms with E-state index in [0.29, 0.717) is 0 Å². The molecule has 0 saturated carbocycles. The molecule has 1 aromatic heterocycles. The molecule has 82 valence electrons. The molecule has 16 heavy (non-hydrogen) atoms. The van der Waals surface area contributed by atoms with E-state index in [2.05, 4.69) is 15.3 Å². The van der Waals surface area contributed by atoms with Gasteiger partial charge in [-0.1, -0.05) is 30.3 Å². The van der Waals surface area contributed by atoms with Crippen molar-refractivity contribution in [2.45, 2.75) is 20.8 Å². The first-order chi connectivity index (χ1) is 7.68. The highest BCUT2D eigenvalue weighted by molar-refractivity contribution is 5.98. The Bertz CT molecular complexity index is 492. The van der Waals surface area contributed by atoms with Gasteiger partial charge in [0.1, 0.15) is 0 Å². The molecule has 4 heteroatoms. The molecule has 0 fully saturated rings. The number of hydrogen-bond acceptors (Lipinski definition) is 3. The Morgan fingerprint density at radius 1 is 1.06 bits per heavy atom. The molecule has 1 aromatic carbocycles. The zero-order valence-corrected chi connectivity index (χ0v) is 9.68. The summed E-state index contributed by atoms with van der Waals surface area (Å²) in [5.74, 6) is 1.60. The summed E-state index contributed by atoms with van der Waals surface area (Å²) in [7, 11) is 0. The van der Waals surface area contributed by atoms with E-state index in [4.69, 9.17) is 0 Å². The van der Waals surface area contributed by atoms with E-state index in [-0.39, 0.29) is 0 Å². The lowest BCUT2D eigenvalue weighted by molar-refractivity contribution is 0.793. The zero-order valence-electron chi connectivity index (χ0n) is 9.68. The summed E-state index contributed by atoms with van der Waals surface area (Å²) in [5.41, 5.74) is 2.06. The predicted octanol–water partition coefficient (Wildman–Crippen LogP) is 2.17. The van der Waals surface area contributed by atoms with Gasteiger partial charge in [-0.05, 0) is 26.3 Å². The molecule has 0 N–H and O–H groups in total. The maximum Gasteiger partial charge on any atom is 0.151 e. The smallest absolute Gasteiger partial charge is 0.151 e. The van der Waals surface area contributed by atoms with Crippen molar-refractivity contribution in [1.29, 1.82) is 0 Å². The number of nitrogens with zero attached hydrogens (tertiary/aromatic N) is 4. The van der Waals surface area contributed by atoms with Crippen LogP contribution in [-0.2, 0) is 0 Å². The van der Waals surface area contributed by atoms with Crippen LogP contribution in [0.2, 0.25) is 0 Å². The fourth-order valence-electron chi connectivity index (χ4n) is 1.50. The second-order valence-electron chi connectivity index (χ2n) is 3.66. The molecule has 1 heterocycles. The molecule has 0 aliphatic carbocycles. The molecule has 0 atom stereocenters. The number of hydrogen-bond donors (Lipinski definition) is 0. The second-order valence-corrected chi connectivity index (χ2v) is 3.66. The van der Waals surface area contributed by atoms with Crippen molar-refractivity contribution < 1.29 is 0 Å². The first kappa shape index (κ1) is 10.5. The molecule has 2 aromatic rings. The lowest BCUT2D eigenvalue weighted by Crippen LogP contribution is -2.02. The van der Waals surface area contributed by atoms with E-state index in [1.165, 1.54) is 0 Å². The highest BCUT2D eigenvalue weighted by Crippen LogP contribution is 2.04. The van der Waals surface area contributed by atoms with Gasteiger partial charge in [-0.15, -0.1) is 10.2 Å². The van der Waals surface area contributed by atoms with E-state index in [0.717, 1.165) is 22.9 Å². The summed E-state index contributed by atoms with van der Waals surface area (Å²) in [6.07, 6.45) is 0. The topological polar surface area (TPSA) is 43.1 Å². The fraction of sp³-hybridized carbons (Fsp3) is 0.250. The van der Waals surface area contributed by atoms with Crippen LogP contribution in [0.4, 0.5) is 0 Å². The van der Waals surface area contributed by atoms with Gasteiger partial charge in [0.15, 0.2) is 11.6 Å². The molecule has 0 aliphatic heterocycles. The highest BCUT2D eigenvalue weighted by atomic mass is 15.4. The van der Waals surface area contributed by atoms with E-state index in [9.17, 15) is 0 Å². The molecule has 0 spiro atoms.